The van der Waals surface area contributed by atoms with Gasteiger partial charge < -0.3 is 24.6 Å². The van der Waals surface area contributed by atoms with E-state index >= 15 is 0 Å². The first-order valence-corrected chi connectivity index (χ1v) is 10.9. The Morgan fingerprint density at radius 1 is 1.00 bits per heavy atom. The summed E-state index contributed by atoms with van der Waals surface area (Å²) in [7, 11) is 1.23. The number of halogens is 3. The molecule has 1 aliphatic rings. The predicted octanol–water partition coefficient (Wildman–Crippen LogP) is 5.13. The predicted molar refractivity (Wildman–Crippen MR) is 123 cm³/mol. The largest absolute Gasteiger partial charge is 0.573 e. The molecule has 188 valence electrons. The Morgan fingerprint density at radius 2 is 1.61 bits per heavy atom. The van der Waals surface area contributed by atoms with Gasteiger partial charge in [-0.15, -0.1) is 13.2 Å². The standard InChI is InChI=1S/C26H22F3NO6/c1-34-23-13-16(36-26(27,28)29)11-10-15(23)12-22(24(31)32)30-25(33)35-14-21-19-8-4-2-6-17(19)18-7-3-5-9-20(18)21/h2-11,13,21-22H,12,14H2,1H3,(H,30,33)(H,31,32). The molecule has 0 saturated carbocycles. The molecule has 36 heavy (non-hydrogen) atoms. The first-order valence-electron chi connectivity index (χ1n) is 10.9. The lowest BCUT2D eigenvalue weighted by Gasteiger charge is -2.19. The second-order valence-electron chi connectivity index (χ2n) is 8.09. The number of alkyl halides is 3. The van der Waals surface area contributed by atoms with E-state index in [1.54, 1.807) is 0 Å². The lowest BCUT2D eigenvalue weighted by Crippen LogP contribution is -2.43. The van der Waals surface area contributed by atoms with Crippen LogP contribution in [0.15, 0.2) is 66.7 Å². The van der Waals surface area contributed by atoms with Crippen LogP contribution in [0.25, 0.3) is 11.1 Å². The summed E-state index contributed by atoms with van der Waals surface area (Å²) in [5.74, 6) is -2.08. The average molecular weight is 501 g/mol. The van der Waals surface area contributed by atoms with Crippen molar-refractivity contribution >= 4 is 12.1 Å². The van der Waals surface area contributed by atoms with Gasteiger partial charge >= 0.3 is 18.4 Å². The molecule has 0 heterocycles. The van der Waals surface area contributed by atoms with Crippen molar-refractivity contribution in [1.82, 2.24) is 5.32 Å². The highest BCUT2D eigenvalue weighted by molar-refractivity contribution is 5.81. The number of carboxylic acid groups (broad SMARTS) is 1. The normalized spacial score (nSPS) is 13.3. The third kappa shape index (κ3) is 5.54. The molecule has 2 N–H and O–H groups in total. The molecule has 0 radical (unpaired) electrons. The van der Waals surface area contributed by atoms with Gasteiger partial charge in [-0.1, -0.05) is 54.6 Å². The Hall–Kier alpha value is -4.21. The van der Waals surface area contributed by atoms with Gasteiger partial charge in [0.15, 0.2) is 0 Å². The van der Waals surface area contributed by atoms with Crippen LogP contribution in [0.5, 0.6) is 11.5 Å². The monoisotopic (exact) mass is 501 g/mol. The molecular weight excluding hydrogens is 479 g/mol. The highest BCUT2D eigenvalue weighted by atomic mass is 19.4. The summed E-state index contributed by atoms with van der Waals surface area (Å²) < 4.78 is 51.8. The number of hydrogen-bond donors (Lipinski definition) is 2. The number of ether oxygens (including phenoxy) is 3. The fourth-order valence-corrected chi connectivity index (χ4v) is 4.29. The topological polar surface area (TPSA) is 94.1 Å². The number of aliphatic carboxylic acids is 1. The Balaban J connectivity index is 1.43. The molecular formula is C26H22F3NO6. The van der Waals surface area contributed by atoms with Gasteiger partial charge in [-0.25, -0.2) is 9.59 Å². The van der Waals surface area contributed by atoms with E-state index in [-0.39, 0.29) is 30.3 Å². The number of carboxylic acids is 1. The van der Waals surface area contributed by atoms with E-state index in [2.05, 4.69) is 10.1 Å². The van der Waals surface area contributed by atoms with Crippen molar-refractivity contribution in [3.63, 3.8) is 0 Å². The molecule has 3 aromatic rings. The minimum Gasteiger partial charge on any atom is -0.496 e. The maximum Gasteiger partial charge on any atom is 0.573 e. The van der Waals surface area contributed by atoms with Gasteiger partial charge in [-0.3, -0.25) is 0 Å². The highest BCUT2D eigenvalue weighted by Gasteiger charge is 2.32. The first kappa shape index (κ1) is 24.9. The first-order chi connectivity index (χ1) is 17.2. The molecule has 0 aromatic heterocycles. The maximum atomic E-state index is 12.5. The number of amides is 1. The van der Waals surface area contributed by atoms with Crippen molar-refractivity contribution in [2.24, 2.45) is 0 Å². The van der Waals surface area contributed by atoms with Crippen molar-refractivity contribution in [3.8, 4) is 22.6 Å². The molecule has 0 spiro atoms. The second-order valence-corrected chi connectivity index (χ2v) is 8.09. The number of carbonyl (C=O) groups is 2. The molecule has 1 unspecified atom stereocenters. The minimum absolute atomic E-state index is 0.000994. The van der Waals surface area contributed by atoms with Crippen molar-refractivity contribution in [1.29, 1.82) is 0 Å². The van der Waals surface area contributed by atoms with Gasteiger partial charge in [0.1, 0.15) is 24.1 Å². The van der Waals surface area contributed by atoms with Crippen LogP contribution in [0.4, 0.5) is 18.0 Å². The zero-order valence-electron chi connectivity index (χ0n) is 19.0. The number of nitrogens with one attached hydrogen (secondary N) is 1. The van der Waals surface area contributed by atoms with Crippen LogP contribution in [0, 0.1) is 0 Å². The van der Waals surface area contributed by atoms with Gasteiger partial charge in [0.25, 0.3) is 0 Å². The van der Waals surface area contributed by atoms with Crippen LogP contribution in [-0.2, 0) is 16.0 Å². The molecule has 4 rings (SSSR count). The van der Waals surface area contributed by atoms with E-state index in [9.17, 15) is 27.9 Å². The second kappa shape index (κ2) is 10.2. The Labute approximate surface area is 204 Å². The molecule has 10 heteroatoms. The van der Waals surface area contributed by atoms with Crippen LogP contribution in [-0.4, -0.2) is 43.3 Å². The van der Waals surface area contributed by atoms with Gasteiger partial charge in [-0.2, -0.15) is 0 Å². The molecule has 1 atom stereocenters. The van der Waals surface area contributed by atoms with Crippen LogP contribution in [0.2, 0.25) is 0 Å². The lowest BCUT2D eigenvalue weighted by molar-refractivity contribution is -0.274. The van der Waals surface area contributed by atoms with Crippen molar-refractivity contribution in [3.05, 3.63) is 83.4 Å². The molecule has 0 fully saturated rings. The third-order valence-corrected chi connectivity index (χ3v) is 5.85. The molecule has 0 aliphatic heterocycles. The van der Waals surface area contributed by atoms with E-state index < -0.39 is 30.2 Å². The highest BCUT2D eigenvalue weighted by Crippen LogP contribution is 2.44. The zero-order chi connectivity index (χ0) is 25.9. The van der Waals surface area contributed by atoms with Gasteiger partial charge in [0.05, 0.1) is 7.11 Å². The summed E-state index contributed by atoms with van der Waals surface area (Å²) in [6.07, 6.45) is -6.07. The van der Waals surface area contributed by atoms with Crippen molar-refractivity contribution < 1.29 is 42.1 Å². The van der Waals surface area contributed by atoms with E-state index in [1.165, 1.54) is 13.2 Å². The van der Waals surface area contributed by atoms with Crippen molar-refractivity contribution in [2.45, 2.75) is 24.7 Å². The molecule has 0 bridgehead atoms. The molecule has 1 amide bonds. The summed E-state index contributed by atoms with van der Waals surface area (Å²) >= 11 is 0. The van der Waals surface area contributed by atoms with Crippen LogP contribution < -0.4 is 14.8 Å². The number of fused-ring (bicyclic) bond motifs is 3. The Kier molecular flexibility index (Phi) is 7.05. The van der Waals surface area contributed by atoms with Crippen molar-refractivity contribution in [2.75, 3.05) is 13.7 Å². The van der Waals surface area contributed by atoms with Crippen LogP contribution in [0.1, 0.15) is 22.6 Å². The van der Waals surface area contributed by atoms with Gasteiger partial charge in [-0.05, 0) is 33.9 Å². The number of benzene rings is 3. The summed E-state index contributed by atoms with van der Waals surface area (Å²) in [4.78, 5) is 24.3. The average Bonchev–Trinajstić information content (AvgIpc) is 3.16. The quantitative estimate of drug-likeness (QED) is 0.445. The summed E-state index contributed by atoms with van der Waals surface area (Å²) in [6, 6.07) is 17.4. The number of methoxy groups -OCH3 is 1. The van der Waals surface area contributed by atoms with Gasteiger partial charge in [0, 0.05) is 18.4 Å². The van der Waals surface area contributed by atoms with Gasteiger partial charge in [0.2, 0.25) is 0 Å². The van der Waals surface area contributed by atoms with Crippen LogP contribution in [0.3, 0.4) is 0 Å². The van der Waals surface area contributed by atoms with E-state index in [0.29, 0.717) is 0 Å². The molecule has 1 aliphatic carbocycles. The fraction of sp³-hybridized carbons (Fsp3) is 0.231. The van der Waals surface area contributed by atoms with Crippen LogP contribution >= 0.6 is 0 Å². The smallest absolute Gasteiger partial charge is 0.496 e. The summed E-state index contributed by atoms with van der Waals surface area (Å²) in [5, 5.41) is 11.9. The Morgan fingerprint density at radius 3 is 2.17 bits per heavy atom. The number of rotatable bonds is 8. The summed E-state index contributed by atoms with van der Waals surface area (Å²) in [6.45, 7) is -0.000994. The summed E-state index contributed by atoms with van der Waals surface area (Å²) in [5.41, 5.74) is 4.38. The zero-order valence-corrected chi connectivity index (χ0v) is 19.0. The third-order valence-electron chi connectivity index (χ3n) is 5.85. The molecule has 7 nitrogen and oxygen atoms in total. The van der Waals surface area contributed by atoms with E-state index in [0.717, 1.165) is 34.4 Å². The minimum atomic E-state index is -4.89. The number of carbonyl (C=O) groups excluding carboxylic acids is 1. The molecule has 3 aromatic carbocycles. The lowest BCUT2D eigenvalue weighted by atomic mass is 9.98. The van der Waals surface area contributed by atoms with E-state index in [1.807, 2.05) is 48.5 Å². The Bertz CT molecular complexity index is 1230. The maximum absolute atomic E-state index is 12.5. The number of alkyl carbamates (subject to hydrolysis) is 1. The number of hydrogen-bond acceptors (Lipinski definition) is 5. The SMILES string of the molecule is COc1cc(OC(F)(F)F)ccc1CC(NC(=O)OCC1c2ccccc2-c2ccccc21)C(=O)O. The van der Waals surface area contributed by atoms with E-state index in [4.69, 9.17) is 9.47 Å². The fourth-order valence-electron chi connectivity index (χ4n) is 4.29. The molecule has 0 saturated heterocycles.